The van der Waals surface area contributed by atoms with E-state index in [2.05, 4.69) is 23.3 Å². The molecule has 0 bridgehead atoms. The molecular formula is C21H28FN3O2. The molecule has 3 atom stereocenters. The molecule has 0 aromatic heterocycles. The molecule has 1 aliphatic heterocycles. The van der Waals surface area contributed by atoms with E-state index in [0.29, 0.717) is 0 Å². The number of piperidine rings is 1. The number of carbonyl (C=O) groups excluding carboxylic acids is 1. The zero-order valence-electron chi connectivity index (χ0n) is 16.1. The zero-order chi connectivity index (χ0) is 19.4. The number of hydrogen-bond acceptors (Lipinski definition) is 4. The first kappa shape index (κ1) is 19.6. The van der Waals surface area contributed by atoms with E-state index in [9.17, 15) is 14.4 Å². The predicted octanol–water partition coefficient (Wildman–Crippen LogP) is 3.45. The van der Waals surface area contributed by atoms with Crippen molar-refractivity contribution in [2.45, 2.75) is 43.6 Å². The third kappa shape index (κ3) is 3.79. The fourth-order valence-corrected chi connectivity index (χ4v) is 5.09. The first-order valence-electron chi connectivity index (χ1n) is 9.71. The van der Waals surface area contributed by atoms with Crippen LogP contribution < -0.4 is 5.32 Å². The van der Waals surface area contributed by atoms with Gasteiger partial charge in [0.15, 0.2) is 0 Å². The van der Waals surface area contributed by atoms with E-state index in [4.69, 9.17) is 4.74 Å². The van der Waals surface area contributed by atoms with Crippen molar-refractivity contribution in [2.75, 3.05) is 27.2 Å². The number of rotatable bonds is 4. The van der Waals surface area contributed by atoms with Crippen molar-refractivity contribution in [2.24, 2.45) is 11.8 Å². The maximum atomic E-state index is 14.1. The molecule has 1 heterocycles. The van der Waals surface area contributed by atoms with Crippen LogP contribution >= 0.6 is 0 Å². The fourth-order valence-electron chi connectivity index (χ4n) is 5.09. The first-order valence-corrected chi connectivity index (χ1v) is 9.71. The van der Waals surface area contributed by atoms with Crippen LogP contribution in [0.15, 0.2) is 24.3 Å². The highest BCUT2D eigenvalue weighted by Crippen LogP contribution is 2.50. The Hall–Kier alpha value is -2.13. The average Bonchev–Trinajstić information content (AvgIpc) is 3.12. The average molecular weight is 373 g/mol. The lowest BCUT2D eigenvalue weighted by Crippen LogP contribution is -2.52. The summed E-state index contributed by atoms with van der Waals surface area (Å²) in [6, 6.07) is 8.97. The predicted molar refractivity (Wildman–Crippen MR) is 101 cm³/mol. The van der Waals surface area contributed by atoms with Gasteiger partial charge in [0.25, 0.3) is 0 Å². The Morgan fingerprint density at radius 1 is 1.33 bits per heavy atom. The van der Waals surface area contributed by atoms with Crippen LogP contribution in [0.4, 0.5) is 9.18 Å². The second-order valence-electron chi connectivity index (χ2n) is 7.85. The van der Waals surface area contributed by atoms with Crippen LogP contribution in [0.3, 0.4) is 0 Å². The van der Waals surface area contributed by atoms with Gasteiger partial charge in [-0.05, 0) is 69.4 Å². The van der Waals surface area contributed by atoms with Gasteiger partial charge in [0, 0.05) is 12.0 Å². The number of alkyl carbamates (subject to hydrolysis) is 1. The molecule has 2 fully saturated rings. The first-order chi connectivity index (χ1) is 13.0. The Morgan fingerprint density at radius 2 is 2.07 bits per heavy atom. The van der Waals surface area contributed by atoms with Crippen LogP contribution in [0.1, 0.15) is 37.7 Å². The summed E-state index contributed by atoms with van der Waals surface area (Å²) >= 11 is 0. The molecule has 1 N–H and O–H groups in total. The lowest BCUT2D eigenvalue weighted by molar-refractivity contribution is 0.117. The smallest absolute Gasteiger partial charge is 0.407 e. The lowest BCUT2D eigenvalue weighted by Gasteiger charge is -2.45. The summed E-state index contributed by atoms with van der Waals surface area (Å²) in [5.41, 5.74) is -0.0749. The summed E-state index contributed by atoms with van der Waals surface area (Å²) in [6.07, 6.45) is 3.90. The number of halogens is 1. The van der Waals surface area contributed by atoms with E-state index in [1.807, 2.05) is 6.07 Å². The van der Waals surface area contributed by atoms with Crippen molar-refractivity contribution >= 4 is 6.09 Å². The minimum absolute atomic E-state index is 0.0585. The zero-order valence-corrected chi connectivity index (χ0v) is 16.1. The van der Waals surface area contributed by atoms with Crippen molar-refractivity contribution in [1.29, 1.82) is 5.26 Å². The third-order valence-electron chi connectivity index (χ3n) is 6.44. The molecule has 6 heteroatoms. The van der Waals surface area contributed by atoms with Crippen LogP contribution in [0, 0.1) is 29.0 Å². The number of hydrogen-bond donors (Lipinski definition) is 1. The quantitative estimate of drug-likeness (QED) is 0.878. The van der Waals surface area contributed by atoms with Crippen molar-refractivity contribution < 1.29 is 13.9 Å². The molecular weight excluding hydrogens is 345 g/mol. The van der Waals surface area contributed by atoms with Gasteiger partial charge in [-0.3, -0.25) is 0 Å². The second kappa shape index (κ2) is 8.26. The number of nitriles is 1. The SMILES string of the molecule is COC(=O)N[C@H]1CCC[C@@H]1[C@](C#N)(c1cccc(F)c1)C1CCN(C)CC1. The molecule has 1 aliphatic carbocycles. The van der Waals surface area contributed by atoms with E-state index >= 15 is 0 Å². The van der Waals surface area contributed by atoms with Gasteiger partial charge in [-0.15, -0.1) is 0 Å². The van der Waals surface area contributed by atoms with E-state index in [-0.39, 0.29) is 23.7 Å². The van der Waals surface area contributed by atoms with Crippen LogP contribution in [0.25, 0.3) is 0 Å². The molecule has 0 spiro atoms. The Morgan fingerprint density at radius 3 is 2.70 bits per heavy atom. The molecule has 1 saturated carbocycles. The monoisotopic (exact) mass is 373 g/mol. The highest BCUT2D eigenvalue weighted by molar-refractivity contribution is 5.67. The Bertz CT molecular complexity index is 712. The number of likely N-dealkylation sites (tertiary alicyclic amines) is 1. The maximum Gasteiger partial charge on any atom is 0.407 e. The molecule has 5 nitrogen and oxygen atoms in total. The van der Waals surface area contributed by atoms with E-state index in [1.54, 1.807) is 6.07 Å². The number of methoxy groups -OCH3 is 1. The number of ether oxygens (including phenoxy) is 1. The molecule has 2 aliphatic rings. The van der Waals surface area contributed by atoms with Crippen molar-refractivity contribution in [3.63, 3.8) is 0 Å². The van der Waals surface area contributed by atoms with Crippen molar-refractivity contribution in [1.82, 2.24) is 10.2 Å². The van der Waals surface area contributed by atoms with Gasteiger partial charge < -0.3 is 15.0 Å². The molecule has 0 radical (unpaired) electrons. The molecule has 1 aromatic rings. The summed E-state index contributed by atoms with van der Waals surface area (Å²) < 4.78 is 18.9. The normalized spacial score (nSPS) is 26.1. The lowest BCUT2D eigenvalue weighted by atomic mass is 9.59. The summed E-state index contributed by atoms with van der Waals surface area (Å²) in [4.78, 5) is 14.1. The largest absolute Gasteiger partial charge is 0.453 e. The minimum Gasteiger partial charge on any atom is -0.453 e. The molecule has 1 aromatic carbocycles. The molecule has 27 heavy (non-hydrogen) atoms. The Balaban J connectivity index is 2.03. The number of amides is 1. The van der Waals surface area contributed by atoms with Crippen LogP contribution in [-0.2, 0) is 10.2 Å². The maximum absolute atomic E-state index is 14.1. The van der Waals surface area contributed by atoms with Gasteiger partial charge in [0.05, 0.1) is 18.6 Å². The topological polar surface area (TPSA) is 65.4 Å². The molecule has 146 valence electrons. The minimum atomic E-state index is -0.814. The number of nitrogens with one attached hydrogen (secondary N) is 1. The number of carbonyl (C=O) groups is 1. The summed E-state index contributed by atoms with van der Waals surface area (Å²) in [6.45, 7) is 1.84. The molecule has 0 unspecified atom stereocenters. The van der Waals surface area contributed by atoms with Gasteiger partial charge in [0.2, 0.25) is 0 Å². The van der Waals surface area contributed by atoms with E-state index in [1.165, 1.54) is 19.2 Å². The fraction of sp³-hybridized carbons (Fsp3) is 0.619. The van der Waals surface area contributed by atoms with Gasteiger partial charge in [-0.1, -0.05) is 18.6 Å². The summed E-state index contributed by atoms with van der Waals surface area (Å²) in [7, 11) is 3.43. The van der Waals surface area contributed by atoms with Gasteiger partial charge in [-0.2, -0.15) is 5.26 Å². The molecule has 1 amide bonds. The summed E-state index contributed by atoms with van der Waals surface area (Å²) in [5, 5.41) is 13.4. The number of nitrogens with zero attached hydrogens (tertiary/aromatic N) is 2. The van der Waals surface area contributed by atoms with Gasteiger partial charge in [-0.25, -0.2) is 9.18 Å². The van der Waals surface area contributed by atoms with Crippen LogP contribution in [0.2, 0.25) is 0 Å². The standard InChI is InChI=1S/C21H28FN3O2/c1-25-11-9-15(10-12-25)21(14-23,16-5-3-6-17(22)13-16)18-7-4-8-19(18)24-20(26)27-2/h3,5-6,13,15,18-19H,4,7-12H2,1-2H3,(H,24,26)/t18-,19-,21-/m0/s1. The molecule has 1 saturated heterocycles. The van der Waals surface area contributed by atoms with E-state index < -0.39 is 11.5 Å². The Labute approximate surface area is 160 Å². The third-order valence-corrected chi connectivity index (χ3v) is 6.44. The van der Waals surface area contributed by atoms with Crippen LogP contribution in [-0.4, -0.2) is 44.3 Å². The van der Waals surface area contributed by atoms with Crippen molar-refractivity contribution in [3.05, 3.63) is 35.6 Å². The van der Waals surface area contributed by atoms with E-state index in [0.717, 1.165) is 50.8 Å². The highest BCUT2D eigenvalue weighted by Gasteiger charge is 2.52. The number of benzene rings is 1. The van der Waals surface area contributed by atoms with Gasteiger partial charge in [0.1, 0.15) is 5.82 Å². The second-order valence-corrected chi connectivity index (χ2v) is 7.85. The van der Waals surface area contributed by atoms with Crippen molar-refractivity contribution in [3.8, 4) is 6.07 Å². The summed E-state index contributed by atoms with van der Waals surface area (Å²) in [5.74, 6) is -0.252. The Kier molecular flexibility index (Phi) is 6.01. The highest BCUT2D eigenvalue weighted by atomic mass is 19.1. The van der Waals surface area contributed by atoms with Crippen LogP contribution in [0.5, 0.6) is 0 Å². The molecule has 3 rings (SSSR count). The van der Waals surface area contributed by atoms with Gasteiger partial charge >= 0.3 is 6.09 Å².